The maximum Gasteiger partial charge on any atom is 0.175 e. The van der Waals surface area contributed by atoms with Gasteiger partial charge in [0.25, 0.3) is 0 Å². The van der Waals surface area contributed by atoms with E-state index in [0.717, 1.165) is 34.1 Å². The van der Waals surface area contributed by atoms with E-state index in [1.807, 2.05) is 50.4 Å². The Morgan fingerprint density at radius 3 is 2.59 bits per heavy atom. The second kappa shape index (κ2) is 10.2. The van der Waals surface area contributed by atoms with Crippen molar-refractivity contribution in [2.24, 2.45) is 5.73 Å². The predicted octanol–water partition coefficient (Wildman–Crippen LogP) is 5.92. The van der Waals surface area contributed by atoms with Crippen LogP contribution in [0.4, 0.5) is 0 Å². The SMILES string of the molecule is CCOc1cc([C@@H]2C(C#N)=C(N)N(C)C3=C2C(=O)CCC3)cc(Br)c1OCc1ccc(Br)cc1. The Morgan fingerprint density at radius 1 is 1.18 bits per heavy atom. The molecule has 2 N–H and O–H groups in total. The first-order valence-corrected chi connectivity index (χ1v) is 12.7. The molecule has 176 valence electrons. The molecule has 2 aromatic carbocycles. The lowest BCUT2D eigenvalue weighted by atomic mass is 9.76. The van der Waals surface area contributed by atoms with Gasteiger partial charge < -0.3 is 20.1 Å². The number of benzene rings is 2. The van der Waals surface area contributed by atoms with Crippen molar-refractivity contribution in [3.8, 4) is 17.6 Å². The molecular weight excluding hydrogens is 562 g/mol. The first-order valence-electron chi connectivity index (χ1n) is 11.1. The number of hydrogen-bond acceptors (Lipinski definition) is 6. The zero-order chi connectivity index (χ0) is 24.4. The van der Waals surface area contributed by atoms with Crippen molar-refractivity contribution < 1.29 is 14.3 Å². The van der Waals surface area contributed by atoms with Crippen LogP contribution in [0.25, 0.3) is 0 Å². The number of nitriles is 1. The average Bonchev–Trinajstić information content (AvgIpc) is 2.82. The van der Waals surface area contributed by atoms with Gasteiger partial charge in [0.1, 0.15) is 12.4 Å². The van der Waals surface area contributed by atoms with E-state index in [4.69, 9.17) is 15.2 Å². The fourth-order valence-corrected chi connectivity index (χ4v) is 5.33. The molecule has 4 rings (SSSR count). The maximum atomic E-state index is 13.0. The fourth-order valence-electron chi connectivity index (χ4n) is 4.49. The first-order chi connectivity index (χ1) is 16.3. The van der Waals surface area contributed by atoms with Gasteiger partial charge >= 0.3 is 0 Å². The standard InChI is InChI=1S/C26H25Br2N3O3/c1-3-33-22-12-16(11-19(28)25(22)34-14-15-7-9-17(27)10-8-15)23-18(13-29)26(30)31(2)20-5-4-6-21(32)24(20)23/h7-12,23H,3-6,14,30H2,1-2H3/t23-/m1/s1. The van der Waals surface area contributed by atoms with Crippen molar-refractivity contribution in [1.82, 2.24) is 4.90 Å². The summed E-state index contributed by atoms with van der Waals surface area (Å²) in [4.78, 5) is 14.8. The quantitative estimate of drug-likeness (QED) is 0.452. The lowest BCUT2D eigenvalue weighted by Crippen LogP contribution is -2.36. The molecule has 8 heteroatoms. The summed E-state index contributed by atoms with van der Waals surface area (Å²) in [5.74, 6) is 1.01. The Morgan fingerprint density at radius 2 is 1.91 bits per heavy atom. The van der Waals surface area contributed by atoms with Crippen molar-refractivity contribution in [3.05, 3.63) is 79.1 Å². The Balaban J connectivity index is 1.77. The van der Waals surface area contributed by atoms with Gasteiger partial charge in [-0.1, -0.05) is 28.1 Å². The number of nitrogens with zero attached hydrogens (tertiary/aromatic N) is 2. The minimum Gasteiger partial charge on any atom is -0.490 e. The molecule has 0 saturated carbocycles. The van der Waals surface area contributed by atoms with E-state index in [-0.39, 0.29) is 5.78 Å². The Hall–Kier alpha value is -2.76. The third kappa shape index (κ3) is 4.59. The van der Waals surface area contributed by atoms with Crippen molar-refractivity contribution >= 4 is 37.6 Å². The Labute approximate surface area is 216 Å². The van der Waals surface area contributed by atoms with Crippen LogP contribution in [0.3, 0.4) is 0 Å². The molecule has 1 aliphatic carbocycles. The number of rotatable bonds is 6. The number of carbonyl (C=O) groups is 1. The van der Waals surface area contributed by atoms with Gasteiger partial charge in [-0.15, -0.1) is 0 Å². The number of ether oxygens (including phenoxy) is 2. The van der Waals surface area contributed by atoms with Gasteiger partial charge in [-0.05, 0) is 71.1 Å². The molecule has 2 aliphatic rings. The van der Waals surface area contributed by atoms with Crippen LogP contribution < -0.4 is 15.2 Å². The van der Waals surface area contributed by atoms with E-state index in [2.05, 4.69) is 37.9 Å². The summed E-state index contributed by atoms with van der Waals surface area (Å²) in [5.41, 5.74) is 10.1. The molecule has 0 unspecified atom stereocenters. The number of carbonyl (C=O) groups excluding carboxylic acids is 1. The summed E-state index contributed by atoms with van der Waals surface area (Å²) < 4.78 is 13.8. The highest BCUT2D eigenvalue weighted by atomic mass is 79.9. The maximum absolute atomic E-state index is 13.0. The lowest BCUT2D eigenvalue weighted by Gasteiger charge is -2.37. The molecular formula is C26H25Br2N3O3. The van der Waals surface area contributed by atoms with E-state index in [9.17, 15) is 10.1 Å². The molecule has 0 amide bonds. The summed E-state index contributed by atoms with van der Waals surface area (Å²) in [6.07, 6.45) is 2.00. The van der Waals surface area contributed by atoms with Crippen LogP contribution in [0, 0.1) is 11.3 Å². The molecule has 0 spiro atoms. The Kier molecular flexibility index (Phi) is 7.34. The highest BCUT2D eigenvalue weighted by Gasteiger charge is 2.39. The van der Waals surface area contributed by atoms with E-state index in [0.29, 0.717) is 52.6 Å². The first kappa shape index (κ1) is 24.4. The summed E-state index contributed by atoms with van der Waals surface area (Å²) in [6, 6.07) is 13.9. The van der Waals surface area contributed by atoms with Crippen LogP contribution >= 0.6 is 31.9 Å². The van der Waals surface area contributed by atoms with Gasteiger partial charge in [0, 0.05) is 29.2 Å². The minimum absolute atomic E-state index is 0.0583. The summed E-state index contributed by atoms with van der Waals surface area (Å²) in [5, 5.41) is 9.99. The number of Topliss-reactive ketones (excluding diaryl/α,β-unsaturated/α-hetero) is 1. The number of hydrogen-bond donors (Lipinski definition) is 1. The second-order valence-corrected chi connectivity index (χ2v) is 9.99. The zero-order valence-electron chi connectivity index (χ0n) is 19.0. The molecule has 2 aromatic rings. The van der Waals surface area contributed by atoms with Crippen LogP contribution in [-0.4, -0.2) is 24.3 Å². The molecule has 34 heavy (non-hydrogen) atoms. The lowest BCUT2D eigenvalue weighted by molar-refractivity contribution is -0.116. The predicted molar refractivity (Wildman–Crippen MR) is 137 cm³/mol. The smallest absolute Gasteiger partial charge is 0.175 e. The van der Waals surface area contributed by atoms with E-state index < -0.39 is 5.92 Å². The number of ketones is 1. The van der Waals surface area contributed by atoms with E-state index in [1.54, 1.807) is 4.90 Å². The summed E-state index contributed by atoms with van der Waals surface area (Å²) in [7, 11) is 1.82. The van der Waals surface area contributed by atoms with Crippen LogP contribution in [0.5, 0.6) is 11.5 Å². The topological polar surface area (TPSA) is 88.6 Å². The average molecular weight is 587 g/mol. The highest BCUT2D eigenvalue weighted by molar-refractivity contribution is 9.10. The third-order valence-corrected chi connectivity index (χ3v) is 7.25. The minimum atomic E-state index is -0.542. The molecule has 1 heterocycles. The number of nitrogens with two attached hydrogens (primary N) is 1. The van der Waals surface area contributed by atoms with Crippen LogP contribution in [0.1, 0.15) is 43.2 Å². The molecule has 0 radical (unpaired) electrons. The van der Waals surface area contributed by atoms with E-state index >= 15 is 0 Å². The van der Waals surface area contributed by atoms with Gasteiger partial charge in [-0.25, -0.2) is 0 Å². The zero-order valence-corrected chi connectivity index (χ0v) is 22.2. The largest absolute Gasteiger partial charge is 0.490 e. The second-order valence-electron chi connectivity index (χ2n) is 8.22. The van der Waals surface area contributed by atoms with E-state index in [1.165, 1.54) is 0 Å². The monoisotopic (exact) mass is 585 g/mol. The van der Waals surface area contributed by atoms with Gasteiger partial charge in [-0.3, -0.25) is 4.79 Å². The number of allylic oxidation sites excluding steroid dienone is 3. The highest BCUT2D eigenvalue weighted by Crippen LogP contribution is 2.47. The Bertz CT molecular complexity index is 1230. The third-order valence-electron chi connectivity index (χ3n) is 6.13. The number of halogens is 2. The summed E-state index contributed by atoms with van der Waals surface area (Å²) >= 11 is 7.08. The molecule has 0 aromatic heterocycles. The molecule has 6 nitrogen and oxygen atoms in total. The van der Waals surface area contributed by atoms with Crippen LogP contribution in [-0.2, 0) is 11.4 Å². The molecule has 0 fully saturated rings. The fraction of sp³-hybridized carbons (Fsp3) is 0.308. The molecule has 1 aliphatic heterocycles. The summed E-state index contributed by atoms with van der Waals surface area (Å²) in [6.45, 7) is 2.70. The van der Waals surface area contributed by atoms with Gasteiger partial charge in [0.05, 0.1) is 28.6 Å². The van der Waals surface area contributed by atoms with Crippen molar-refractivity contribution in [2.75, 3.05) is 13.7 Å². The van der Waals surface area contributed by atoms with Gasteiger partial charge in [0.15, 0.2) is 17.3 Å². The molecule has 1 atom stereocenters. The molecule has 0 saturated heterocycles. The van der Waals surface area contributed by atoms with Crippen LogP contribution in [0.2, 0.25) is 0 Å². The van der Waals surface area contributed by atoms with Crippen LogP contribution in [0.15, 0.2) is 68.0 Å². The van der Waals surface area contributed by atoms with Crippen molar-refractivity contribution in [3.63, 3.8) is 0 Å². The normalized spacial score (nSPS) is 18.0. The molecule has 0 bridgehead atoms. The van der Waals surface area contributed by atoms with Gasteiger partial charge in [0.2, 0.25) is 0 Å². The van der Waals surface area contributed by atoms with Crippen molar-refractivity contribution in [1.29, 1.82) is 5.26 Å². The van der Waals surface area contributed by atoms with Gasteiger partial charge in [-0.2, -0.15) is 5.26 Å². The van der Waals surface area contributed by atoms with Crippen molar-refractivity contribution in [2.45, 2.75) is 38.7 Å².